The summed E-state index contributed by atoms with van der Waals surface area (Å²) in [6, 6.07) is 0. The molecular formula is C46H92N+. The van der Waals surface area contributed by atoms with Crippen molar-refractivity contribution >= 4 is 0 Å². The summed E-state index contributed by atoms with van der Waals surface area (Å²) >= 11 is 0. The second-order valence-electron chi connectivity index (χ2n) is 16.1. The van der Waals surface area contributed by atoms with Gasteiger partial charge in [0.2, 0.25) is 0 Å². The predicted molar refractivity (Wildman–Crippen MR) is 218 cm³/mol. The summed E-state index contributed by atoms with van der Waals surface area (Å²) in [7, 11) is 4.94. The van der Waals surface area contributed by atoms with Gasteiger partial charge in [0.05, 0.1) is 27.2 Å². The fraction of sp³-hybridized carbons (Fsp3) is 0.913. The van der Waals surface area contributed by atoms with E-state index in [1.807, 2.05) is 0 Å². The van der Waals surface area contributed by atoms with E-state index in [0.29, 0.717) is 0 Å². The zero-order chi connectivity index (χ0) is 34.2. The molecule has 0 aromatic carbocycles. The molecule has 0 heterocycles. The molecule has 0 bridgehead atoms. The van der Waals surface area contributed by atoms with E-state index in [9.17, 15) is 0 Å². The normalized spacial score (nSPS) is 12.3. The number of nitrogens with zero attached hydrogens (tertiary/aromatic N) is 1. The fourth-order valence-electron chi connectivity index (χ4n) is 7.10. The highest BCUT2D eigenvalue weighted by Crippen LogP contribution is 2.16. The molecule has 0 aliphatic carbocycles. The van der Waals surface area contributed by atoms with E-state index in [2.05, 4.69) is 52.2 Å². The maximum absolute atomic E-state index is 2.47. The summed E-state index contributed by atoms with van der Waals surface area (Å²) in [6.45, 7) is 7.35. The van der Waals surface area contributed by atoms with Crippen molar-refractivity contribution in [2.75, 3.05) is 27.2 Å². The van der Waals surface area contributed by atoms with Gasteiger partial charge in [-0.25, -0.2) is 0 Å². The molecule has 0 N–H and O–H groups in total. The summed E-state index contributed by atoms with van der Waals surface area (Å²) in [5, 5.41) is 0. The molecule has 0 rings (SSSR count). The summed E-state index contributed by atoms with van der Waals surface area (Å²) in [5.41, 5.74) is 0. The van der Waals surface area contributed by atoms with Crippen LogP contribution in [0.15, 0.2) is 24.3 Å². The molecule has 0 unspecified atom stereocenters. The highest BCUT2D eigenvalue weighted by molar-refractivity contribution is 4.82. The van der Waals surface area contributed by atoms with Gasteiger partial charge in [0.25, 0.3) is 0 Å². The molecule has 1 heteroatoms. The molecule has 0 aliphatic rings. The number of quaternary nitrogens is 1. The van der Waals surface area contributed by atoms with E-state index in [0.717, 1.165) is 0 Å². The van der Waals surface area contributed by atoms with Crippen LogP contribution in [0.4, 0.5) is 0 Å². The summed E-state index contributed by atoms with van der Waals surface area (Å²) in [4.78, 5) is 0. The van der Waals surface area contributed by atoms with Crippen LogP contribution in [0.25, 0.3) is 0 Å². The third-order valence-electron chi connectivity index (χ3n) is 10.6. The zero-order valence-electron chi connectivity index (χ0n) is 33.6. The van der Waals surface area contributed by atoms with Crippen LogP contribution in [0.5, 0.6) is 0 Å². The molecule has 0 aliphatic heterocycles. The van der Waals surface area contributed by atoms with Crippen LogP contribution in [0.2, 0.25) is 0 Å². The lowest BCUT2D eigenvalue weighted by Gasteiger charge is -2.30. The quantitative estimate of drug-likeness (QED) is 0.0349. The van der Waals surface area contributed by atoms with Gasteiger partial charge in [0.15, 0.2) is 0 Å². The third kappa shape index (κ3) is 41.5. The van der Waals surface area contributed by atoms with Crippen molar-refractivity contribution in [1.82, 2.24) is 0 Å². The average Bonchev–Trinajstić information content (AvgIpc) is 3.06. The Bertz CT molecular complexity index is 565. The van der Waals surface area contributed by atoms with Gasteiger partial charge in [-0.05, 0) is 77.0 Å². The van der Waals surface area contributed by atoms with Crippen LogP contribution < -0.4 is 0 Å². The number of rotatable bonds is 40. The molecule has 47 heavy (non-hydrogen) atoms. The summed E-state index contributed by atoms with van der Waals surface area (Å²) in [5.74, 6) is 0. The molecule has 280 valence electrons. The van der Waals surface area contributed by atoms with Crippen LogP contribution in [-0.2, 0) is 0 Å². The Hall–Kier alpha value is -0.560. The molecular weight excluding hydrogens is 567 g/mol. The maximum atomic E-state index is 2.47. The van der Waals surface area contributed by atoms with E-state index in [1.165, 1.54) is 249 Å². The van der Waals surface area contributed by atoms with Crippen LogP contribution in [0.3, 0.4) is 0 Å². The average molecular weight is 659 g/mol. The monoisotopic (exact) mass is 659 g/mol. The SMILES string of the molecule is CCCCCCCCC=CCCCCCCCCCCCC[N+](C)(C)CCCCCCCCCCCCC=CCCCCCCCC. The minimum atomic E-state index is 1.24. The molecule has 0 amide bonds. The van der Waals surface area contributed by atoms with Crippen molar-refractivity contribution in [3.05, 3.63) is 24.3 Å². The fourth-order valence-corrected chi connectivity index (χ4v) is 7.10. The topological polar surface area (TPSA) is 0 Å². The summed E-state index contributed by atoms with van der Waals surface area (Å²) < 4.78 is 1.24. The van der Waals surface area contributed by atoms with Crippen molar-refractivity contribution in [2.24, 2.45) is 0 Å². The van der Waals surface area contributed by atoms with Crippen LogP contribution in [0, 0.1) is 0 Å². The molecule has 0 aromatic heterocycles. The van der Waals surface area contributed by atoms with Crippen molar-refractivity contribution in [2.45, 2.75) is 245 Å². The largest absolute Gasteiger partial charge is 0.328 e. The lowest BCUT2D eigenvalue weighted by atomic mass is 10.0. The smallest absolute Gasteiger partial charge is 0.0782 e. The minimum absolute atomic E-state index is 1.24. The molecule has 0 spiro atoms. The first-order chi connectivity index (χ1) is 23.1. The Morgan fingerprint density at radius 1 is 0.255 bits per heavy atom. The lowest BCUT2D eigenvalue weighted by Crippen LogP contribution is -2.41. The Morgan fingerprint density at radius 3 is 0.681 bits per heavy atom. The van der Waals surface area contributed by atoms with Gasteiger partial charge < -0.3 is 4.48 Å². The van der Waals surface area contributed by atoms with Gasteiger partial charge in [-0.3, -0.25) is 0 Å². The Balaban J connectivity index is 3.31. The molecule has 1 nitrogen and oxygen atoms in total. The van der Waals surface area contributed by atoms with Crippen molar-refractivity contribution < 1.29 is 4.48 Å². The van der Waals surface area contributed by atoms with Gasteiger partial charge in [-0.1, -0.05) is 192 Å². The predicted octanol–water partition coefficient (Wildman–Crippen LogP) is 16.3. The van der Waals surface area contributed by atoms with E-state index in [4.69, 9.17) is 0 Å². The molecule has 0 atom stereocenters. The molecule has 0 radical (unpaired) electrons. The Labute approximate surface area is 300 Å². The molecule has 0 saturated heterocycles. The van der Waals surface area contributed by atoms with Crippen molar-refractivity contribution in [3.63, 3.8) is 0 Å². The van der Waals surface area contributed by atoms with Gasteiger partial charge in [0, 0.05) is 0 Å². The van der Waals surface area contributed by atoms with Gasteiger partial charge in [-0.2, -0.15) is 0 Å². The Morgan fingerprint density at radius 2 is 0.447 bits per heavy atom. The number of hydrogen-bond donors (Lipinski definition) is 0. The van der Waals surface area contributed by atoms with Gasteiger partial charge >= 0.3 is 0 Å². The first kappa shape index (κ1) is 46.4. The van der Waals surface area contributed by atoms with E-state index < -0.39 is 0 Å². The number of allylic oxidation sites excluding steroid dienone is 4. The highest BCUT2D eigenvalue weighted by atomic mass is 15.3. The second-order valence-corrected chi connectivity index (χ2v) is 16.1. The second kappa shape index (κ2) is 39.9. The first-order valence-corrected chi connectivity index (χ1v) is 22.2. The first-order valence-electron chi connectivity index (χ1n) is 22.2. The lowest BCUT2D eigenvalue weighted by molar-refractivity contribution is -0.890. The van der Waals surface area contributed by atoms with Crippen molar-refractivity contribution in [1.29, 1.82) is 0 Å². The number of hydrogen-bond acceptors (Lipinski definition) is 0. The maximum Gasteiger partial charge on any atom is 0.0782 e. The van der Waals surface area contributed by atoms with E-state index >= 15 is 0 Å². The minimum Gasteiger partial charge on any atom is -0.328 e. The van der Waals surface area contributed by atoms with E-state index in [-0.39, 0.29) is 0 Å². The van der Waals surface area contributed by atoms with Gasteiger partial charge in [-0.15, -0.1) is 0 Å². The third-order valence-corrected chi connectivity index (χ3v) is 10.6. The molecule has 0 fully saturated rings. The molecule has 0 saturated carbocycles. The number of unbranched alkanes of at least 4 members (excludes halogenated alkanes) is 32. The molecule has 0 aromatic rings. The highest BCUT2D eigenvalue weighted by Gasteiger charge is 2.13. The Kier molecular flexibility index (Phi) is 39.4. The standard InChI is InChI=1S/C46H92N/c1-5-7-9-11-13-15-17-19-21-23-25-27-29-31-33-35-37-39-41-43-45-47(3,4)46-44-42-40-38-36-34-32-30-28-26-24-22-20-18-16-14-12-10-8-6-2/h19-22H,5-18,23-46H2,1-4H3/q+1. The van der Waals surface area contributed by atoms with Crippen LogP contribution in [0.1, 0.15) is 245 Å². The van der Waals surface area contributed by atoms with Crippen molar-refractivity contribution in [3.8, 4) is 0 Å². The zero-order valence-corrected chi connectivity index (χ0v) is 33.6. The van der Waals surface area contributed by atoms with Crippen LogP contribution >= 0.6 is 0 Å². The van der Waals surface area contributed by atoms with Gasteiger partial charge in [0.1, 0.15) is 0 Å². The summed E-state index contributed by atoms with van der Waals surface area (Å²) in [6.07, 6.45) is 61.0. The van der Waals surface area contributed by atoms with E-state index in [1.54, 1.807) is 0 Å². The van der Waals surface area contributed by atoms with Crippen LogP contribution in [-0.4, -0.2) is 31.7 Å².